The summed E-state index contributed by atoms with van der Waals surface area (Å²) in [6, 6.07) is 4.05. The smallest absolute Gasteiger partial charge is 0.129 e. The predicted octanol–water partition coefficient (Wildman–Crippen LogP) is 2.84. The summed E-state index contributed by atoms with van der Waals surface area (Å²) in [7, 11) is 1.68. The fourth-order valence-electron chi connectivity index (χ4n) is 3.15. The first-order valence-corrected chi connectivity index (χ1v) is 7.55. The van der Waals surface area contributed by atoms with Gasteiger partial charge in [0, 0.05) is 25.3 Å². The molecule has 0 aliphatic carbocycles. The Hall–Kier alpha value is -1.59. The van der Waals surface area contributed by atoms with Crippen molar-refractivity contribution in [2.45, 2.75) is 38.8 Å². The topological polar surface area (TPSA) is 54.3 Å². The summed E-state index contributed by atoms with van der Waals surface area (Å²) in [6.07, 6.45) is 4.36. The number of methoxy groups -OCH3 is 1. The van der Waals surface area contributed by atoms with E-state index in [9.17, 15) is 0 Å². The molecule has 5 nitrogen and oxygen atoms in total. The fraction of sp³-hybridized carbons (Fsp3) is 0.562. The number of hydrogen-bond acceptors (Lipinski definition) is 4. The van der Waals surface area contributed by atoms with Crippen LogP contribution in [-0.4, -0.2) is 35.3 Å². The zero-order valence-corrected chi connectivity index (χ0v) is 12.8. The van der Waals surface area contributed by atoms with E-state index in [1.54, 1.807) is 7.11 Å². The first kappa shape index (κ1) is 14.4. The molecule has 0 aromatic carbocycles. The van der Waals surface area contributed by atoms with Gasteiger partial charge in [-0.3, -0.25) is 10.00 Å². The first-order valence-electron chi connectivity index (χ1n) is 7.55. The molecule has 1 fully saturated rings. The number of nitrogens with zero attached hydrogens (tertiary/aromatic N) is 2. The van der Waals surface area contributed by atoms with Crippen LogP contribution in [0.1, 0.15) is 41.5 Å². The predicted molar refractivity (Wildman–Crippen MR) is 80.0 cm³/mol. The minimum Gasteiger partial charge on any atom is -0.462 e. The maximum atomic E-state index is 5.79. The lowest BCUT2D eigenvalue weighted by molar-refractivity contribution is 0.153. The summed E-state index contributed by atoms with van der Waals surface area (Å²) < 4.78 is 10.9. The number of furan rings is 1. The number of piperidine rings is 1. The van der Waals surface area contributed by atoms with Crippen molar-refractivity contribution >= 4 is 0 Å². The van der Waals surface area contributed by atoms with Crippen molar-refractivity contribution in [3.05, 3.63) is 41.1 Å². The number of ether oxygens (including phenoxy) is 1. The van der Waals surface area contributed by atoms with Crippen molar-refractivity contribution in [2.75, 3.05) is 20.2 Å². The highest BCUT2D eigenvalue weighted by molar-refractivity contribution is 5.19. The quantitative estimate of drug-likeness (QED) is 0.919. The molecule has 3 heterocycles. The Kier molecular flexibility index (Phi) is 4.41. The Morgan fingerprint density at radius 1 is 1.43 bits per heavy atom. The minimum atomic E-state index is 0.538. The van der Waals surface area contributed by atoms with E-state index in [1.165, 1.54) is 24.1 Å². The van der Waals surface area contributed by atoms with Gasteiger partial charge in [0.15, 0.2) is 0 Å². The van der Waals surface area contributed by atoms with E-state index in [1.807, 2.05) is 12.3 Å². The number of H-pyrrole nitrogens is 1. The highest BCUT2D eigenvalue weighted by Gasteiger charge is 2.24. The van der Waals surface area contributed by atoms with Gasteiger partial charge in [-0.2, -0.15) is 5.10 Å². The number of aromatic nitrogens is 2. The third kappa shape index (κ3) is 3.36. The molecule has 1 aliphatic rings. The number of rotatable bonds is 5. The Morgan fingerprint density at radius 2 is 2.29 bits per heavy atom. The standard InChI is InChI=1S/C16H23N3O2/c1-12-8-17-18-16(12)13-4-3-7-19(9-13)10-14-5-6-15(21-14)11-20-2/h5-6,8,13H,3-4,7,9-11H2,1-2H3,(H,17,18). The molecular formula is C16H23N3O2. The Labute approximate surface area is 125 Å². The Bertz CT molecular complexity index is 576. The van der Waals surface area contributed by atoms with Gasteiger partial charge in [-0.25, -0.2) is 0 Å². The second-order valence-electron chi connectivity index (χ2n) is 5.84. The number of hydrogen-bond donors (Lipinski definition) is 1. The van der Waals surface area contributed by atoms with Gasteiger partial charge in [0.25, 0.3) is 0 Å². The molecule has 2 aromatic heterocycles. The highest BCUT2D eigenvalue weighted by Crippen LogP contribution is 2.28. The van der Waals surface area contributed by atoms with Crippen molar-refractivity contribution in [2.24, 2.45) is 0 Å². The van der Waals surface area contributed by atoms with Crippen LogP contribution in [0.25, 0.3) is 0 Å². The van der Waals surface area contributed by atoms with Crippen LogP contribution in [0.2, 0.25) is 0 Å². The van der Waals surface area contributed by atoms with Crippen LogP contribution < -0.4 is 0 Å². The Morgan fingerprint density at radius 3 is 3.05 bits per heavy atom. The van der Waals surface area contributed by atoms with Crippen molar-refractivity contribution in [3.63, 3.8) is 0 Å². The van der Waals surface area contributed by atoms with E-state index in [-0.39, 0.29) is 0 Å². The summed E-state index contributed by atoms with van der Waals surface area (Å²) in [5.74, 6) is 2.46. The molecule has 0 amide bonds. The number of aromatic amines is 1. The second kappa shape index (κ2) is 6.45. The third-order valence-corrected chi connectivity index (χ3v) is 4.17. The average Bonchev–Trinajstić information content (AvgIpc) is 3.09. The zero-order valence-electron chi connectivity index (χ0n) is 12.8. The van der Waals surface area contributed by atoms with Gasteiger partial charge in [0.2, 0.25) is 0 Å². The summed E-state index contributed by atoms with van der Waals surface area (Å²) in [4.78, 5) is 2.46. The number of aryl methyl sites for hydroxylation is 1. The van der Waals surface area contributed by atoms with Crippen LogP contribution >= 0.6 is 0 Å². The van der Waals surface area contributed by atoms with Crippen LogP contribution in [0.4, 0.5) is 0 Å². The van der Waals surface area contributed by atoms with Crippen LogP contribution in [0.3, 0.4) is 0 Å². The van der Waals surface area contributed by atoms with Crippen LogP contribution in [-0.2, 0) is 17.9 Å². The molecule has 0 bridgehead atoms. The normalized spacial score (nSPS) is 20.0. The summed E-state index contributed by atoms with van der Waals surface area (Å²) in [5, 5.41) is 7.32. The molecule has 1 atom stereocenters. The molecular weight excluding hydrogens is 266 g/mol. The van der Waals surface area contributed by atoms with Gasteiger partial charge in [-0.15, -0.1) is 0 Å². The number of likely N-dealkylation sites (tertiary alicyclic amines) is 1. The molecule has 2 aromatic rings. The van der Waals surface area contributed by atoms with Crippen LogP contribution in [0.15, 0.2) is 22.7 Å². The molecule has 0 radical (unpaired) electrons. The molecule has 5 heteroatoms. The lowest BCUT2D eigenvalue weighted by atomic mass is 9.93. The van der Waals surface area contributed by atoms with E-state index in [0.29, 0.717) is 12.5 Å². The highest BCUT2D eigenvalue weighted by atomic mass is 16.5. The van der Waals surface area contributed by atoms with Crippen LogP contribution in [0, 0.1) is 6.92 Å². The van der Waals surface area contributed by atoms with Gasteiger partial charge < -0.3 is 9.15 Å². The molecule has 1 N–H and O–H groups in total. The van der Waals surface area contributed by atoms with Gasteiger partial charge in [0.1, 0.15) is 18.1 Å². The molecule has 3 rings (SSSR count). The molecule has 1 unspecified atom stereocenters. The fourth-order valence-corrected chi connectivity index (χ4v) is 3.15. The first-order chi connectivity index (χ1) is 10.3. The summed E-state index contributed by atoms with van der Waals surface area (Å²) >= 11 is 0. The SMILES string of the molecule is COCc1ccc(CN2CCCC(c3[nH]ncc3C)C2)o1. The average molecular weight is 289 g/mol. The van der Waals surface area contributed by atoms with Crippen molar-refractivity contribution in [1.82, 2.24) is 15.1 Å². The molecule has 0 spiro atoms. The molecule has 0 saturated carbocycles. The molecule has 114 valence electrons. The Balaban J connectivity index is 1.62. The second-order valence-corrected chi connectivity index (χ2v) is 5.84. The van der Waals surface area contributed by atoms with E-state index in [4.69, 9.17) is 9.15 Å². The van der Waals surface area contributed by atoms with E-state index in [2.05, 4.69) is 28.1 Å². The maximum Gasteiger partial charge on any atom is 0.129 e. The molecule has 21 heavy (non-hydrogen) atoms. The van der Waals surface area contributed by atoms with E-state index >= 15 is 0 Å². The third-order valence-electron chi connectivity index (χ3n) is 4.17. The maximum absolute atomic E-state index is 5.79. The van der Waals surface area contributed by atoms with E-state index < -0.39 is 0 Å². The molecule has 1 aliphatic heterocycles. The van der Waals surface area contributed by atoms with Crippen molar-refractivity contribution in [3.8, 4) is 0 Å². The van der Waals surface area contributed by atoms with Crippen molar-refractivity contribution in [1.29, 1.82) is 0 Å². The van der Waals surface area contributed by atoms with Crippen LogP contribution in [0.5, 0.6) is 0 Å². The molecule has 1 saturated heterocycles. The van der Waals surface area contributed by atoms with Gasteiger partial charge in [-0.05, 0) is 44.0 Å². The summed E-state index contributed by atoms with van der Waals surface area (Å²) in [6.45, 7) is 5.72. The van der Waals surface area contributed by atoms with Gasteiger partial charge in [-0.1, -0.05) is 0 Å². The van der Waals surface area contributed by atoms with Gasteiger partial charge in [0.05, 0.1) is 12.7 Å². The number of nitrogens with one attached hydrogen (secondary N) is 1. The monoisotopic (exact) mass is 289 g/mol. The largest absolute Gasteiger partial charge is 0.462 e. The lowest BCUT2D eigenvalue weighted by Gasteiger charge is -2.31. The summed E-state index contributed by atoms with van der Waals surface area (Å²) in [5.41, 5.74) is 2.56. The minimum absolute atomic E-state index is 0.538. The van der Waals surface area contributed by atoms with Crippen molar-refractivity contribution < 1.29 is 9.15 Å². The van der Waals surface area contributed by atoms with Gasteiger partial charge >= 0.3 is 0 Å². The lowest BCUT2D eigenvalue weighted by Crippen LogP contribution is -2.34. The van der Waals surface area contributed by atoms with E-state index in [0.717, 1.165) is 31.2 Å². The zero-order chi connectivity index (χ0) is 14.7.